The van der Waals surface area contributed by atoms with Crippen LogP contribution in [0.4, 0.5) is 0 Å². The Balaban J connectivity index is 1.23. The first-order valence-electron chi connectivity index (χ1n) is 14.9. The fourth-order valence-corrected chi connectivity index (χ4v) is 5.74. The molecular weight excluding hydrogens is 550 g/mol. The van der Waals surface area contributed by atoms with Crippen molar-refractivity contribution in [2.24, 2.45) is 0 Å². The van der Waals surface area contributed by atoms with Gasteiger partial charge in [-0.2, -0.15) is 0 Å². The van der Waals surface area contributed by atoms with Gasteiger partial charge in [-0.05, 0) is 30.2 Å². The van der Waals surface area contributed by atoms with E-state index in [1.807, 2.05) is 85.8 Å². The van der Waals surface area contributed by atoms with E-state index in [1.165, 1.54) is 0 Å². The van der Waals surface area contributed by atoms with E-state index in [0.717, 1.165) is 66.6 Å². The lowest BCUT2D eigenvalue weighted by molar-refractivity contribution is 1.07. The third-order valence-electron chi connectivity index (χ3n) is 7.99. The molecule has 5 heteroatoms. The molecule has 212 valence electrons. The summed E-state index contributed by atoms with van der Waals surface area (Å²) in [6, 6.07) is 49.4. The second-order valence-corrected chi connectivity index (χ2v) is 11.0. The quantitative estimate of drug-likeness (QED) is 0.191. The van der Waals surface area contributed by atoms with Crippen molar-refractivity contribution in [3.8, 4) is 56.5 Å². The average molecular weight is 578 g/mol. The summed E-state index contributed by atoms with van der Waals surface area (Å²) in [5.74, 6) is 1.93. The van der Waals surface area contributed by atoms with Crippen molar-refractivity contribution in [2.45, 2.75) is 6.92 Å². The minimum Gasteiger partial charge on any atom is -0.251 e. The molecule has 3 aromatic heterocycles. The lowest BCUT2D eigenvalue weighted by atomic mass is 9.97. The Morgan fingerprint density at radius 3 is 1.44 bits per heavy atom. The van der Waals surface area contributed by atoms with E-state index in [0.29, 0.717) is 17.5 Å². The van der Waals surface area contributed by atoms with Crippen LogP contribution in [0.2, 0.25) is 0 Å². The van der Waals surface area contributed by atoms with Crippen molar-refractivity contribution in [3.63, 3.8) is 0 Å². The molecule has 5 aromatic carbocycles. The number of nitrogens with zero attached hydrogens (tertiary/aromatic N) is 5. The molecule has 0 aliphatic carbocycles. The SMILES string of the molecule is Cc1cc(-c2ccc(-c3nc(-c4ccccc4)nc(-c4ccccc4)n3)cc2)c2ccc3ccc(-c4ccccc4)nc3c2n1. The predicted octanol–water partition coefficient (Wildman–Crippen LogP) is 9.61. The van der Waals surface area contributed by atoms with Gasteiger partial charge in [0.05, 0.1) is 16.7 Å². The third-order valence-corrected chi connectivity index (χ3v) is 7.99. The molecule has 0 saturated carbocycles. The number of pyridine rings is 2. The summed E-state index contributed by atoms with van der Waals surface area (Å²) < 4.78 is 0. The molecule has 0 bridgehead atoms. The second kappa shape index (κ2) is 11.2. The van der Waals surface area contributed by atoms with Crippen molar-refractivity contribution >= 4 is 21.8 Å². The Morgan fingerprint density at radius 1 is 0.378 bits per heavy atom. The van der Waals surface area contributed by atoms with Gasteiger partial charge in [0, 0.05) is 38.7 Å². The predicted molar refractivity (Wildman–Crippen MR) is 182 cm³/mol. The van der Waals surface area contributed by atoms with E-state index in [4.69, 9.17) is 24.9 Å². The van der Waals surface area contributed by atoms with Crippen LogP contribution in [0.5, 0.6) is 0 Å². The lowest BCUT2D eigenvalue weighted by Gasteiger charge is -2.12. The van der Waals surface area contributed by atoms with Gasteiger partial charge >= 0.3 is 0 Å². The van der Waals surface area contributed by atoms with Crippen LogP contribution in [0.15, 0.2) is 146 Å². The van der Waals surface area contributed by atoms with Crippen molar-refractivity contribution < 1.29 is 0 Å². The zero-order valence-electron chi connectivity index (χ0n) is 24.6. The summed E-state index contributed by atoms with van der Waals surface area (Å²) in [5, 5.41) is 2.14. The maximum atomic E-state index is 5.08. The van der Waals surface area contributed by atoms with Crippen LogP contribution in [0.1, 0.15) is 5.69 Å². The molecule has 5 nitrogen and oxygen atoms in total. The van der Waals surface area contributed by atoms with E-state index >= 15 is 0 Å². The molecule has 0 amide bonds. The monoisotopic (exact) mass is 577 g/mol. The summed E-state index contributed by atoms with van der Waals surface area (Å²) in [7, 11) is 0. The first-order valence-corrected chi connectivity index (χ1v) is 14.9. The average Bonchev–Trinajstić information content (AvgIpc) is 3.12. The van der Waals surface area contributed by atoms with Gasteiger partial charge in [-0.1, -0.05) is 133 Å². The molecule has 0 saturated heterocycles. The maximum absolute atomic E-state index is 5.08. The van der Waals surface area contributed by atoms with E-state index in [-0.39, 0.29) is 0 Å². The number of aryl methyl sites for hydroxylation is 1. The normalized spacial score (nSPS) is 11.2. The summed E-state index contributed by atoms with van der Waals surface area (Å²) in [5.41, 5.74) is 9.80. The molecule has 3 heterocycles. The third kappa shape index (κ3) is 5.11. The fourth-order valence-electron chi connectivity index (χ4n) is 5.74. The summed E-state index contributed by atoms with van der Waals surface area (Å²) in [4.78, 5) is 24.7. The van der Waals surface area contributed by atoms with Gasteiger partial charge in [0.1, 0.15) is 0 Å². The second-order valence-electron chi connectivity index (χ2n) is 11.0. The smallest absolute Gasteiger partial charge is 0.164 e. The zero-order chi connectivity index (χ0) is 30.2. The molecular formula is C40H27N5. The van der Waals surface area contributed by atoms with Gasteiger partial charge in [-0.3, -0.25) is 4.98 Å². The topological polar surface area (TPSA) is 64.5 Å². The van der Waals surface area contributed by atoms with Crippen LogP contribution in [0.3, 0.4) is 0 Å². The zero-order valence-corrected chi connectivity index (χ0v) is 24.6. The van der Waals surface area contributed by atoms with Crippen molar-refractivity contribution in [1.29, 1.82) is 0 Å². The van der Waals surface area contributed by atoms with E-state index in [2.05, 4.69) is 66.7 Å². The molecule has 8 aromatic rings. The molecule has 0 fully saturated rings. The number of fused-ring (bicyclic) bond motifs is 3. The number of rotatable bonds is 5. The summed E-state index contributed by atoms with van der Waals surface area (Å²) in [6.07, 6.45) is 0. The van der Waals surface area contributed by atoms with E-state index in [9.17, 15) is 0 Å². The minimum absolute atomic E-state index is 0.633. The highest BCUT2D eigenvalue weighted by molar-refractivity contribution is 6.08. The Hall–Kier alpha value is -6.07. The van der Waals surface area contributed by atoms with Crippen molar-refractivity contribution in [2.75, 3.05) is 0 Å². The molecule has 0 spiro atoms. The molecule has 0 atom stereocenters. The van der Waals surface area contributed by atoms with Crippen LogP contribution in [0, 0.1) is 6.92 Å². The van der Waals surface area contributed by atoms with Gasteiger partial charge in [0.15, 0.2) is 17.5 Å². The fraction of sp³-hybridized carbons (Fsp3) is 0.0250. The molecule has 0 aliphatic heterocycles. The number of hydrogen-bond donors (Lipinski definition) is 0. The summed E-state index contributed by atoms with van der Waals surface area (Å²) in [6.45, 7) is 2.04. The maximum Gasteiger partial charge on any atom is 0.164 e. The van der Waals surface area contributed by atoms with Gasteiger partial charge in [0.25, 0.3) is 0 Å². The first-order chi connectivity index (χ1) is 22.2. The molecule has 0 unspecified atom stereocenters. The highest BCUT2D eigenvalue weighted by Crippen LogP contribution is 2.34. The van der Waals surface area contributed by atoms with Gasteiger partial charge in [0.2, 0.25) is 0 Å². The van der Waals surface area contributed by atoms with Gasteiger partial charge < -0.3 is 0 Å². The van der Waals surface area contributed by atoms with Crippen molar-refractivity contribution in [1.82, 2.24) is 24.9 Å². The van der Waals surface area contributed by atoms with Crippen LogP contribution in [0.25, 0.3) is 78.4 Å². The lowest BCUT2D eigenvalue weighted by Crippen LogP contribution is -2.00. The summed E-state index contributed by atoms with van der Waals surface area (Å²) >= 11 is 0. The molecule has 0 N–H and O–H groups in total. The van der Waals surface area contributed by atoms with Gasteiger partial charge in [-0.15, -0.1) is 0 Å². The Labute approximate surface area is 261 Å². The van der Waals surface area contributed by atoms with E-state index in [1.54, 1.807) is 0 Å². The Morgan fingerprint density at radius 2 is 0.867 bits per heavy atom. The standard InChI is InChI=1S/C40H27N5/c1-26-25-34(33-23-21-29-22-24-35(28-11-5-2-6-12-28)42-36(29)37(33)41-26)27-17-19-32(20-18-27)40-44-38(30-13-7-3-8-14-30)43-39(45-40)31-15-9-4-10-16-31/h2-25H,1H3. The van der Waals surface area contributed by atoms with Crippen LogP contribution in [-0.2, 0) is 0 Å². The Kier molecular flexibility index (Phi) is 6.61. The largest absolute Gasteiger partial charge is 0.251 e. The van der Waals surface area contributed by atoms with Crippen LogP contribution < -0.4 is 0 Å². The molecule has 0 aliphatic rings. The number of hydrogen-bond acceptors (Lipinski definition) is 5. The first kappa shape index (κ1) is 26.5. The number of benzene rings is 5. The Bertz CT molecular complexity index is 2240. The molecule has 45 heavy (non-hydrogen) atoms. The highest BCUT2D eigenvalue weighted by Gasteiger charge is 2.15. The molecule has 8 rings (SSSR count). The van der Waals surface area contributed by atoms with Gasteiger partial charge in [-0.25, -0.2) is 19.9 Å². The highest BCUT2D eigenvalue weighted by atomic mass is 15.0. The van der Waals surface area contributed by atoms with Crippen LogP contribution >= 0.6 is 0 Å². The van der Waals surface area contributed by atoms with Crippen molar-refractivity contribution in [3.05, 3.63) is 151 Å². The molecule has 0 radical (unpaired) electrons. The number of aromatic nitrogens is 5. The van der Waals surface area contributed by atoms with E-state index < -0.39 is 0 Å². The van der Waals surface area contributed by atoms with Crippen LogP contribution in [-0.4, -0.2) is 24.9 Å². The minimum atomic E-state index is 0.633.